The molecule has 1 aromatic heterocycles. The standard InChI is InChI=1S/C14H15F2N3O2S.ClH/c1-21-7-12(17)13(20)19-14-18-6-10(22-14)4-8-2-3-9(15)5-11(8)16;/h2-3,5-6,12H,4,7,17H2,1H3,(H,18,19,20);1H. The summed E-state index contributed by atoms with van der Waals surface area (Å²) in [6.07, 6.45) is 1.80. The van der Waals surface area contributed by atoms with Crippen molar-refractivity contribution in [2.75, 3.05) is 19.0 Å². The Morgan fingerprint density at radius 3 is 2.87 bits per heavy atom. The molecule has 0 saturated carbocycles. The van der Waals surface area contributed by atoms with Gasteiger partial charge in [-0.15, -0.1) is 23.7 Å². The van der Waals surface area contributed by atoms with Gasteiger partial charge >= 0.3 is 0 Å². The molecule has 5 nitrogen and oxygen atoms in total. The number of nitrogens with one attached hydrogen (secondary N) is 1. The fourth-order valence-corrected chi connectivity index (χ4v) is 2.59. The highest BCUT2D eigenvalue weighted by molar-refractivity contribution is 7.15. The van der Waals surface area contributed by atoms with Gasteiger partial charge in [-0.2, -0.15) is 0 Å². The zero-order valence-electron chi connectivity index (χ0n) is 12.2. The number of halogens is 3. The molecule has 1 unspecified atom stereocenters. The fourth-order valence-electron chi connectivity index (χ4n) is 1.75. The van der Waals surface area contributed by atoms with Crippen LogP contribution in [0.15, 0.2) is 24.4 Å². The second-order valence-corrected chi connectivity index (χ2v) is 5.71. The minimum Gasteiger partial charge on any atom is -0.383 e. The van der Waals surface area contributed by atoms with Gasteiger partial charge in [0.1, 0.15) is 17.7 Å². The summed E-state index contributed by atoms with van der Waals surface area (Å²) in [5, 5.41) is 2.94. The van der Waals surface area contributed by atoms with Crippen molar-refractivity contribution in [2.24, 2.45) is 5.73 Å². The molecular weight excluding hydrogens is 348 g/mol. The van der Waals surface area contributed by atoms with Gasteiger partial charge in [-0.1, -0.05) is 6.07 Å². The largest absolute Gasteiger partial charge is 0.383 e. The van der Waals surface area contributed by atoms with Crippen LogP contribution in [-0.2, 0) is 16.0 Å². The summed E-state index contributed by atoms with van der Waals surface area (Å²) in [6.45, 7) is 0.102. The maximum absolute atomic E-state index is 13.6. The molecule has 1 atom stereocenters. The molecule has 126 valence electrons. The molecule has 0 aliphatic heterocycles. The number of aromatic nitrogens is 1. The zero-order chi connectivity index (χ0) is 16.1. The third-order valence-corrected chi connectivity index (χ3v) is 3.76. The first-order chi connectivity index (χ1) is 10.5. The van der Waals surface area contributed by atoms with Crippen molar-refractivity contribution in [3.8, 4) is 0 Å². The molecular formula is C14H16ClF2N3O2S. The van der Waals surface area contributed by atoms with Crippen molar-refractivity contribution in [1.29, 1.82) is 0 Å². The molecule has 1 aromatic carbocycles. The smallest absolute Gasteiger partial charge is 0.245 e. The summed E-state index contributed by atoms with van der Waals surface area (Å²) in [6, 6.07) is 2.64. The van der Waals surface area contributed by atoms with Crippen molar-refractivity contribution in [3.63, 3.8) is 0 Å². The van der Waals surface area contributed by atoms with Crippen LogP contribution in [0.4, 0.5) is 13.9 Å². The molecule has 0 aliphatic carbocycles. The van der Waals surface area contributed by atoms with Gasteiger partial charge in [0.15, 0.2) is 5.13 Å². The quantitative estimate of drug-likeness (QED) is 0.825. The van der Waals surface area contributed by atoms with Gasteiger partial charge in [0.05, 0.1) is 6.61 Å². The Morgan fingerprint density at radius 2 is 2.22 bits per heavy atom. The summed E-state index contributed by atoms with van der Waals surface area (Å²) in [5.74, 6) is -1.64. The molecule has 3 N–H and O–H groups in total. The number of anilines is 1. The number of nitrogens with zero attached hydrogens (tertiary/aromatic N) is 1. The van der Waals surface area contributed by atoms with Crippen molar-refractivity contribution in [3.05, 3.63) is 46.5 Å². The highest BCUT2D eigenvalue weighted by atomic mass is 35.5. The van der Waals surface area contributed by atoms with E-state index in [1.807, 2.05) is 0 Å². The van der Waals surface area contributed by atoms with E-state index in [4.69, 9.17) is 10.5 Å². The van der Waals surface area contributed by atoms with Gasteiger partial charge < -0.3 is 15.8 Å². The fraction of sp³-hybridized carbons (Fsp3) is 0.286. The van der Waals surface area contributed by atoms with Gasteiger partial charge in [-0.3, -0.25) is 4.79 Å². The Kier molecular flexibility index (Phi) is 7.50. The van der Waals surface area contributed by atoms with E-state index in [1.54, 1.807) is 0 Å². The Morgan fingerprint density at radius 1 is 1.48 bits per heavy atom. The zero-order valence-corrected chi connectivity index (χ0v) is 13.8. The number of benzene rings is 1. The van der Waals surface area contributed by atoms with E-state index >= 15 is 0 Å². The van der Waals surface area contributed by atoms with Gasteiger partial charge in [0.25, 0.3) is 0 Å². The lowest BCUT2D eigenvalue weighted by atomic mass is 10.1. The van der Waals surface area contributed by atoms with Crippen molar-refractivity contribution < 1.29 is 18.3 Å². The number of rotatable bonds is 6. The SMILES string of the molecule is COCC(N)C(=O)Nc1ncc(Cc2ccc(F)cc2F)s1.Cl. The number of hydrogen-bond donors (Lipinski definition) is 2. The number of methoxy groups -OCH3 is 1. The molecule has 0 fully saturated rings. The lowest BCUT2D eigenvalue weighted by Crippen LogP contribution is -2.39. The molecule has 0 radical (unpaired) electrons. The van der Waals surface area contributed by atoms with Crippen LogP contribution in [0.5, 0.6) is 0 Å². The second kappa shape index (κ2) is 8.88. The second-order valence-electron chi connectivity index (χ2n) is 4.60. The molecule has 1 heterocycles. The highest BCUT2D eigenvalue weighted by Gasteiger charge is 2.15. The molecule has 2 aromatic rings. The topological polar surface area (TPSA) is 77.2 Å². The predicted molar refractivity (Wildman–Crippen MR) is 87.0 cm³/mol. The molecule has 23 heavy (non-hydrogen) atoms. The molecule has 9 heteroatoms. The van der Waals surface area contributed by atoms with E-state index in [0.717, 1.165) is 10.9 Å². The van der Waals surface area contributed by atoms with Crippen molar-refractivity contribution in [2.45, 2.75) is 12.5 Å². The highest BCUT2D eigenvalue weighted by Crippen LogP contribution is 2.22. The monoisotopic (exact) mass is 363 g/mol. The van der Waals surface area contributed by atoms with Crippen LogP contribution < -0.4 is 11.1 Å². The Labute approximate surface area is 142 Å². The first-order valence-corrected chi connectivity index (χ1v) is 7.25. The van der Waals surface area contributed by atoms with Crippen LogP contribution in [0.1, 0.15) is 10.4 Å². The third kappa shape index (κ3) is 5.51. The average Bonchev–Trinajstić information content (AvgIpc) is 2.89. The van der Waals surface area contributed by atoms with E-state index in [9.17, 15) is 13.6 Å². The van der Waals surface area contributed by atoms with Crippen LogP contribution in [0.25, 0.3) is 0 Å². The molecule has 0 aliphatic rings. The van der Waals surface area contributed by atoms with E-state index in [2.05, 4.69) is 10.3 Å². The molecule has 0 spiro atoms. The van der Waals surface area contributed by atoms with Gasteiger partial charge in [0.2, 0.25) is 5.91 Å². The van der Waals surface area contributed by atoms with Gasteiger partial charge in [0, 0.05) is 30.7 Å². The third-order valence-electron chi connectivity index (χ3n) is 2.85. The van der Waals surface area contributed by atoms with E-state index < -0.39 is 23.6 Å². The number of hydrogen-bond acceptors (Lipinski definition) is 5. The van der Waals surface area contributed by atoms with Crippen molar-refractivity contribution >= 4 is 34.8 Å². The number of ether oxygens (including phenoxy) is 1. The van der Waals surface area contributed by atoms with Gasteiger partial charge in [-0.25, -0.2) is 13.8 Å². The summed E-state index contributed by atoms with van der Waals surface area (Å²) >= 11 is 1.20. The Balaban J connectivity index is 0.00000264. The number of thiazole rings is 1. The van der Waals surface area contributed by atoms with Crippen LogP contribution in [0.3, 0.4) is 0 Å². The summed E-state index contributed by atoms with van der Waals surface area (Å²) < 4.78 is 31.2. The summed E-state index contributed by atoms with van der Waals surface area (Å²) in [7, 11) is 1.45. The molecule has 2 rings (SSSR count). The van der Waals surface area contributed by atoms with Gasteiger partial charge in [-0.05, 0) is 11.6 Å². The van der Waals surface area contributed by atoms with Crippen LogP contribution in [0, 0.1) is 11.6 Å². The van der Waals surface area contributed by atoms with E-state index in [1.165, 1.54) is 36.8 Å². The maximum atomic E-state index is 13.6. The summed E-state index contributed by atoms with van der Waals surface area (Å²) in [5.41, 5.74) is 5.95. The molecule has 0 bridgehead atoms. The number of carbonyl (C=O) groups is 1. The Hall–Kier alpha value is -1.61. The summed E-state index contributed by atoms with van der Waals surface area (Å²) in [4.78, 5) is 16.5. The first-order valence-electron chi connectivity index (χ1n) is 6.43. The molecule has 1 amide bonds. The average molecular weight is 364 g/mol. The van der Waals surface area contributed by atoms with Crippen molar-refractivity contribution in [1.82, 2.24) is 4.98 Å². The van der Waals surface area contributed by atoms with Crippen LogP contribution in [-0.4, -0.2) is 30.6 Å². The lowest BCUT2D eigenvalue weighted by Gasteiger charge is -2.08. The number of carbonyl (C=O) groups excluding carboxylic acids is 1. The minimum absolute atomic E-state index is 0. The normalized spacial score (nSPS) is 11.7. The van der Waals surface area contributed by atoms with E-state index in [0.29, 0.717) is 10.7 Å². The number of amides is 1. The predicted octanol–water partition coefficient (Wildman–Crippen LogP) is 2.35. The first kappa shape index (κ1) is 19.4. The Bertz CT molecular complexity index is 669. The van der Waals surface area contributed by atoms with Crippen LogP contribution in [0.2, 0.25) is 0 Å². The minimum atomic E-state index is -0.785. The van der Waals surface area contributed by atoms with Crippen LogP contribution >= 0.6 is 23.7 Å². The number of nitrogens with two attached hydrogens (primary N) is 1. The molecule has 0 saturated heterocycles. The lowest BCUT2D eigenvalue weighted by molar-refractivity contribution is -0.118. The maximum Gasteiger partial charge on any atom is 0.245 e. The van der Waals surface area contributed by atoms with E-state index in [-0.39, 0.29) is 25.4 Å².